The van der Waals surface area contributed by atoms with Gasteiger partial charge in [0.25, 0.3) is 0 Å². The topological polar surface area (TPSA) is 89.9 Å². The van der Waals surface area contributed by atoms with E-state index in [-0.39, 0.29) is 12.6 Å². The van der Waals surface area contributed by atoms with Crippen molar-refractivity contribution in [3.63, 3.8) is 0 Å². The predicted molar refractivity (Wildman–Crippen MR) is 49.2 cm³/mol. The molecule has 1 atom stereocenters. The standard InChI is InChI=1S/C6H13N5OS/c1-11-6(8-9-10-11)13-4-5(7)2-3-12/h5,12H,2-4,7H2,1H3. The third kappa shape index (κ3) is 3.29. The number of rotatable bonds is 5. The molecule has 0 aromatic carbocycles. The molecule has 1 aromatic rings. The molecule has 74 valence electrons. The summed E-state index contributed by atoms with van der Waals surface area (Å²) >= 11 is 1.49. The lowest BCUT2D eigenvalue weighted by molar-refractivity contribution is 0.279. The molecule has 1 rings (SSSR count). The maximum absolute atomic E-state index is 8.61. The number of nitrogens with zero attached hydrogens (tertiary/aromatic N) is 4. The van der Waals surface area contributed by atoms with Crippen LogP contribution in [0.4, 0.5) is 0 Å². The van der Waals surface area contributed by atoms with Crippen LogP contribution in [0.15, 0.2) is 5.16 Å². The molecule has 0 spiro atoms. The Bertz CT molecular complexity index is 253. The second kappa shape index (κ2) is 5.15. The number of aliphatic hydroxyl groups excluding tert-OH is 1. The zero-order valence-corrected chi connectivity index (χ0v) is 8.24. The third-order valence-electron chi connectivity index (χ3n) is 1.51. The van der Waals surface area contributed by atoms with E-state index in [1.165, 1.54) is 11.8 Å². The second-order valence-electron chi connectivity index (χ2n) is 2.67. The molecule has 0 saturated heterocycles. The summed E-state index contributed by atoms with van der Waals surface area (Å²) in [5.41, 5.74) is 5.69. The van der Waals surface area contributed by atoms with Gasteiger partial charge in [0.15, 0.2) is 0 Å². The minimum Gasteiger partial charge on any atom is -0.396 e. The zero-order valence-electron chi connectivity index (χ0n) is 7.42. The van der Waals surface area contributed by atoms with Gasteiger partial charge >= 0.3 is 0 Å². The highest BCUT2D eigenvalue weighted by Crippen LogP contribution is 2.13. The summed E-state index contributed by atoms with van der Waals surface area (Å²) in [5, 5.41) is 20.3. The molecule has 0 radical (unpaired) electrons. The van der Waals surface area contributed by atoms with Crippen LogP contribution in [0, 0.1) is 0 Å². The highest BCUT2D eigenvalue weighted by Gasteiger charge is 2.06. The molecule has 0 aliphatic heterocycles. The number of tetrazole rings is 1. The summed E-state index contributed by atoms with van der Waals surface area (Å²) in [7, 11) is 1.78. The minimum atomic E-state index is -0.00769. The Morgan fingerprint density at radius 3 is 3.00 bits per heavy atom. The number of aromatic nitrogens is 4. The molecule has 0 aliphatic carbocycles. The molecule has 0 aliphatic rings. The van der Waals surface area contributed by atoms with Gasteiger partial charge in [0.05, 0.1) is 0 Å². The van der Waals surface area contributed by atoms with E-state index in [1.54, 1.807) is 11.7 Å². The highest BCUT2D eigenvalue weighted by atomic mass is 32.2. The SMILES string of the molecule is Cn1nnnc1SCC(N)CCO. The van der Waals surface area contributed by atoms with Crippen LogP contribution >= 0.6 is 11.8 Å². The fraction of sp³-hybridized carbons (Fsp3) is 0.833. The van der Waals surface area contributed by atoms with Crippen molar-refractivity contribution in [2.24, 2.45) is 12.8 Å². The van der Waals surface area contributed by atoms with Crippen LogP contribution in [0.2, 0.25) is 0 Å². The van der Waals surface area contributed by atoms with Gasteiger partial charge < -0.3 is 10.8 Å². The fourth-order valence-corrected chi connectivity index (χ4v) is 1.62. The Morgan fingerprint density at radius 2 is 2.46 bits per heavy atom. The number of aliphatic hydroxyl groups is 1. The quantitative estimate of drug-likeness (QED) is 0.597. The van der Waals surface area contributed by atoms with Gasteiger partial charge in [0.1, 0.15) is 0 Å². The Hall–Kier alpha value is -0.660. The molecule has 1 unspecified atom stereocenters. The molecule has 0 fully saturated rings. The average molecular weight is 203 g/mol. The Kier molecular flexibility index (Phi) is 4.13. The van der Waals surface area contributed by atoms with Gasteiger partial charge in [-0.3, -0.25) is 0 Å². The van der Waals surface area contributed by atoms with E-state index in [1.807, 2.05) is 0 Å². The van der Waals surface area contributed by atoms with E-state index >= 15 is 0 Å². The van der Waals surface area contributed by atoms with E-state index < -0.39 is 0 Å². The van der Waals surface area contributed by atoms with Crippen LogP contribution in [0.25, 0.3) is 0 Å². The molecule has 3 N–H and O–H groups in total. The number of thioether (sulfide) groups is 1. The van der Waals surface area contributed by atoms with Gasteiger partial charge in [-0.1, -0.05) is 11.8 Å². The monoisotopic (exact) mass is 203 g/mol. The summed E-state index contributed by atoms with van der Waals surface area (Å²) in [4.78, 5) is 0. The third-order valence-corrected chi connectivity index (χ3v) is 2.71. The minimum absolute atomic E-state index is 0.00769. The predicted octanol–water partition coefficient (Wildman–Crippen LogP) is -0.988. The maximum atomic E-state index is 8.61. The lowest BCUT2D eigenvalue weighted by Crippen LogP contribution is -2.24. The van der Waals surface area contributed by atoms with Crippen LogP contribution in [-0.4, -0.2) is 43.7 Å². The number of hydrogen-bond donors (Lipinski definition) is 2. The number of nitrogens with two attached hydrogens (primary N) is 1. The smallest absolute Gasteiger partial charge is 0.209 e. The highest BCUT2D eigenvalue weighted by molar-refractivity contribution is 7.99. The van der Waals surface area contributed by atoms with Crippen LogP contribution in [0.5, 0.6) is 0 Å². The molecule has 1 heterocycles. The summed E-state index contributed by atoms with van der Waals surface area (Å²) in [6.07, 6.45) is 0.609. The van der Waals surface area contributed by atoms with E-state index in [0.717, 1.165) is 10.9 Å². The Balaban J connectivity index is 2.30. The first-order valence-electron chi connectivity index (χ1n) is 3.95. The van der Waals surface area contributed by atoms with E-state index in [2.05, 4.69) is 15.5 Å². The molecular weight excluding hydrogens is 190 g/mol. The zero-order chi connectivity index (χ0) is 9.68. The first-order chi connectivity index (χ1) is 6.24. The van der Waals surface area contributed by atoms with Gasteiger partial charge in [0, 0.05) is 25.4 Å². The van der Waals surface area contributed by atoms with Crippen molar-refractivity contribution in [2.45, 2.75) is 17.6 Å². The van der Waals surface area contributed by atoms with Gasteiger partial charge in [-0.2, -0.15) is 0 Å². The Labute approximate surface area is 80.5 Å². The summed E-state index contributed by atoms with van der Waals surface area (Å²) < 4.78 is 1.59. The van der Waals surface area contributed by atoms with E-state index in [0.29, 0.717) is 6.42 Å². The normalized spacial score (nSPS) is 13.2. The maximum Gasteiger partial charge on any atom is 0.209 e. The van der Waals surface area contributed by atoms with Crippen molar-refractivity contribution in [2.75, 3.05) is 12.4 Å². The van der Waals surface area contributed by atoms with Gasteiger partial charge in [-0.15, -0.1) is 5.10 Å². The number of aryl methyl sites for hydroxylation is 1. The Morgan fingerprint density at radius 1 is 1.69 bits per heavy atom. The van der Waals surface area contributed by atoms with E-state index in [4.69, 9.17) is 10.8 Å². The summed E-state index contributed by atoms with van der Waals surface area (Å²) in [5.74, 6) is 0.717. The van der Waals surface area contributed by atoms with Crippen LogP contribution in [-0.2, 0) is 7.05 Å². The van der Waals surface area contributed by atoms with Crippen LogP contribution in [0.3, 0.4) is 0 Å². The molecule has 0 bridgehead atoms. The molecule has 0 amide bonds. The van der Waals surface area contributed by atoms with Gasteiger partial charge in [-0.25, -0.2) is 4.68 Å². The van der Waals surface area contributed by atoms with Gasteiger partial charge in [-0.05, 0) is 16.8 Å². The first kappa shape index (κ1) is 10.4. The largest absolute Gasteiger partial charge is 0.396 e. The lowest BCUT2D eigenvalue weighted by atomic mass is 10.3. The molecule has 6 nitrogen and oxygen atoms in total. The van der Waals surface area contributed by atoms with Crippen molar-refractivity contribution in [1.29, 1.82) is 0 Å². The second-order valence-corrected chi connectivity index (χ2v) is 3.66. The van der Waals surface area contributed by atoms with E-state index in [9.17, 15) is 0 Å². The number of hydrogen-bond acceptors (Lipinski definition) is 6. The van der Waals surface area contributed by atoms with Crippen molar-refractivity contribution in [1.82, 2.24) is 20.2 Å². The van der Waals surface area contributed by atoms with Crippen molar-refractivity contribution in [3.8, 4) is 0 Å². The summed E-state index contributed by atoms with van der Waals surface area (Å²) in [6, 6.07) is -0.00769. The molecule has 13 heavy (non-hydrogen) atoms. The summed E-state index contributed by atoms with van der Waals surface area (Å²) in [6.45, 7) is 0.124. The van der Waals surface area contributed by atoms with Crippen molar-refractivity contribution < 1.29 is 5.11 Å². The van der Waals surface area contributed by atoms with Gasteiger partial charge in [0.2, 0.25) is 5.16 Å². The van der Waals surface area contributed by atoms with Crippen LogP contribution in [0.1, 0.15) is 6.42 Å². The first-order valence-corrected chi connectivity index (χ1v) is 4.94. The fourth-order valence-electron chi connectivity index (χ4n) is 0.774. The molecule has 0 saturated carbocycles. The van der Waals surface area contributed by atoms with Crippen molar-refractivity contribution >= 4 is 11.8 Å². The molecule has 7 heteroatoms. The van der Waals surface area contributed by atoms with Crippen molar-refractivity contribution in [3.05, 3.63) is 0 Å². The average Bonchev–Trinajstić information content (AvgIpc) is 2.48. The molecule has 1 aromatic heterocycles. The van der Waals surface area contributed by atoms with Crippen LogP contribution < -0.4 is 5.73 Å². The lowest BCUT2D eigenvalue weighted by Gasteiger charge is -2.07. The molecular formula is C6H13N5OS.